The van der Waals surface area contributed by atoms with Gasteiger partial charge in [-0.15, -0.1) is 0 Å². The van der Waals surface area contributed by atoms with Crippen molar-refractivity contribution in [2.24, 2.45) is 17.8 Å². The Morgan fingerprint density at radius 3 is 2.13 bits per heavy atom. The van der Waals surface area contributed by atoms with Crippen LogP contribution in [0.1, 0.15) is 49.7 Å². The number of para-hydroxylation sites is 1. The highest BCUT2D eigenvalue weighted by Gasteiger charge is 2.53. The number of anilines is 1. The number of hydrogen-bond acceptors (Lipinski definition) is 1. The van der Waals surface area contributed by atoms with E-state index >= 15 is 0 Å². The van der Waals surface area contributed by atoms with Gasteiger partial charge in [0.05, 0.1) is 5.54 Å². The van der Waals surface area contributed by atoms with Gasteiger partial charge in [-0.05, 0) is 62.0 Å². The summed E-state index contributed by atoms with van der Waals surface area (Å²) in [5.41, 5.74) is 3.67. The maximum atomic E-state index is 12.5. The third kappa shape index (κ3) is 2.91. The van der Waals surface area contributed by atoms with E-state index in [1.807, 2.05) is 6.07 Å². The molecule has 4 aliphatic carbocycles. The van der Waals surface area contributed by atoms with Crippen LogP contribution in [0.3, 0.4) is 0 Å². The Balaban J connectivity index is 1.39. The van der Waals surface area contributed by atoms with Gasteiger partial charge in [0, 0.05) is 24.9 Å². The average molecular weight is 313 g/mol. The van der Waals surface area contributed by atoms with E-state index in [2.05, 4.69) is 36.6 Å². The zero-order valence-electron chi connectivity index (χ0n) is 14.4. The summed E-state index contributed by atoms with van der Waals surface area (Å²) in [6.07, 6.45) is 8.41. The molecule has 1 aromatic rings. The van der Waals surface area contributed by atoms with Gasteiger partial charge >= 0.3 is 0 Å². The summed E-state index contributed by atoms with van der Waals surface area (Å²) in [5, 5.41) is 5.53. The molecule has 124 valence electrons. The third-order valence-corrected chi connectivity index (χ3v) is 6.55. The molecular weight excluding hydrogens is 284 g/mol. The highest BCUT2D eigenvalue weighted by Crippen LogP contribution is 2.54. The predicted octanol–water partition coefficient (Wildman–Crippen LogP) is 2.77. The molecule has 5 rings (SSSR count). The van der Waals surface area contributed by atoms with Crippen LogP contribution in [-0.2, 0) is 4.79 Å². The van der Waals surface area contributed by atoms with Crippen LogP contribution in [0.15, 0.2) is 18.2 Å². The van der Waals surface area contributed by atoms with E-state index in [0.717, 1.165) is 34.6 Å². The minimum Gasteiger partial charge on any atom is -0.334 e. The molecule has 0 spiro atoms. The molecule has 4 bridgehead atoms. The minimum atomic E-state index is 0.151. The zero-order valence-corrected chi connectivity index (χ0v) is 14.4. The van der Waals surface area contributed by atoms with Crippen molar-refractivity contribution in [2.75, 3.05) is 11.9 Å². The third-order valence-electron chi connectivity index (χ3n) is 6.55. The lowest BCUT2D eigenvalue weighted by atomic mass is 9.53. The molecule has 23 heavy (non-hydrogen) atoms. The van der Waals surface area contributed by atoms with Crippen LogP contribution in [-0.4, -0.2) is 18.0 Å². The Morgan fingerprint density at radius 1 is 1.09 bits per heavy atom. The molecular formula is C20H29N2O+. The van der Waals surface area contributed by atoms with E-state index < -0.39 is 0 Å². The normalized spacial score (nSPS) is 34.6. The van der Waals surface area contributed by atoms with Gasteiger partial charge in [-0.25, -0.2) is 0 Å². The molecule has 0 radical (unpaired) electrons. The topological polar surface area (TPSA) is 45.7 Å². The van der Waals surface area contributed by atoms with Crippen LogP contribution in [0.4, 0.5) is 5.69 Å². The summed E-state index contributed by atoms with van der Waals surface area (Å²) in [6.45, 7) is 4.69. The van der Waals surface area contributed by atoms with Gasteiger partial charge in [0.1, 0.15) is 0 Å². The Morgan fingerprint density at radius 2 is 1.61 bits per heavy atom. The summed E-state index contributed by atoms with van der Waals surface area (Å²) < 4.78 is 0. The van der Waals surface area contributed by atoms with Crippen LogP contribution in [0.25, 0.3) is 0 Å². The summed E-state index contributed by atoms with van der Waals surface area (Å²) in [6, 6.07) is 6.17. The highest BCUT2D eigenvalue weighted by atomic mass is 16.1. The fourth-order valence-corrected chi connectivity index (χ4v) is 5.94. The lowest BCUT2D eigenvalue weighted by Crippen LogP contribution is -3.00. The molecule has 3 N–H and O–H groups in total. The number of nitrogens with two attached hydrogens (primary N) is 1. The van der Waals surface area contributed by atoms with E-state index in [-0.39, 0.29) is 5.91 Å². The van der Waals surface area contributed by atoms with Crippen LogP contribution in [0.5, 0.6) is 0 Å². The Labute approximate surface area is 139 Å². The molecule has 3 nitrogen and oxygen atoms in total. The molecule has 4 aliphatic rings. The SMILES string of the molecule is Cc1cccc(C)c1NC(=O)C[NH2+]C12CC3CC(CC(C3)C1)C2. The first-order valence-electron chi connectivity index (χ1n) is 9.23. The molecule has 0 saturated heterocycles. The predicted molar refractivity (Wildman–Crippen MR) is 92.2 cm³/mol. The van der Waals surface area contributed by atoms with Crippen molar-refractivity contribution >= 4 is 11.6 Å². The van der Waals surface area contributed by atoms with Crippen LogP contribution >= 0.6 is 0 Å². The van der Waals surface area contributed by atoms with Crippen LogP contribution in [0.2, 0.25) is 0 Å². The van der Waals surface area contributed by atoms with Crippen molar-refractivity contribution in [3.63, 3.8) is 0 Å². The summed E-state index contributed by atoms with van der Waals surface area (Å²) in [4.78, 5) is 12.5. The highest BCUT2D eigenvalue weighted by molar-refractivity contribution is 5.92. The molecule has 0 heterocycles. The van der Waals surface area contributed by atoms with E-state index in [1.165, 1.54) is 38.5 Å². The monoisotopic (exact) mass is 313 g/mol. The van der Waals surface area contributed by atoms with Crippen molar-refractivity contribution in [3.8, 4) is 0 Å². The van der Waals surface area contributed by atoms with Crippen molar-refractivity contribution in [3.05, 3.63) is 29.3 Å². The Kier molecular flexibility index (Phi) is 3.72. The number of amides is 1. The van der Waals surface area contributed by atoms with Crippen LogP contribution < -0.4 is 10.6 Å². The molecule has 4 fully saturated rings. The van der Waals surface area contributed by atoms with E-state index in [9.17, 15) is 4.79 Å². The molecule has 4 saturated carbocycles. The maximum Gasteiger partial charge on any atom is 0.279 e. The second-order valence-electron chi connectivity index (χ2n) is 8.50. The van der Waals surface area contributed by atoms with Crippen LogP contribution in [0, 0.1) is 31.6 Å². The van der Waals surface area contributed by atoms with Gasteiger partial charge in [-0.3, -0.25) is 4.79 Å². The summed E-state index contributed by atoms with van der Waals surface area (Å²) in [5.74, 6) is 2.98. The van der Waals surface area contributed by atoms with E-state index in [0.29, 0.717) is 12.1 Å². The fraction of sp³-hybridized carbons (Fsp3) is 0.650. The largest absolute Gasteiger partial charge is 0.334 e. The lowest BCUT2D eigenvalue weighted by Gasteiger charge is -2.54. The molecule has 1 amide bonds. The fourth-order valence-electron chi connectivity index (χ4n) is 5.94. The Hall–Kier alpha value is -1.35. The lowest BCUT2D eigenvalue weighted by molar-refractivity contribution is -0.729. The Bertz CT molecular complexity index is 567. The van der Waals surface area contributed by atoms with Gasteiger partial charge in [0.15, 0.2) is 6.54 Å². The van der Waals surface area contributed by atoms with Gasteiger partial charge in [0.2, 0.25) is 0 Å². The second kappa shape index (κ2) is 5.62. The smallest absolute Gasteiger partial charge is 0.279 e. The van der Waals surface area contributed by atoms with Crippen molar-refractivity contribution in [1.82, 2.24) is 0 Å². The van der Waals surface area contributed by atoms with Crippen molar-refractivity contribution < 1.29 is 10.1 Å². The summed E-state index contributed by atoms with van der Waals surface area (Å²) >= 11 is 0. The number of carbonyl (C=O) groups is 1. The summed E-state index contributed by atoms with van der Waals surface area (Å²) in [7, 11) is 0. The average Bonchev–Trinajstić information content (AvgIpc) is 2.48. The standard InChI is InChI=1S/C20H28N2O/c1-13-4-3-5-14(2)19(13)22-18(23)12-21-20-9-15-6-16(10-20)8-17(7-15)11-20/h3-5,15-17,21H,6-12H2,1-2H3,(H,22,23)/p+1. The first-order chi connectivity index (χ1) is 11.0. The number of carbonyl (C=O) groups excluding carboxylic acids is 1. The molecule has 0 atom stereocenters. The first-order valence-corrected chi connectivity index (χ1v) is 9.23. The first kappa shape index (κ1) is 15.2. The minimum absolute atomic E-state index is 0.151. The zero-order chi connectivity index (χ0) is 16.0. The number of benzene rings is 1. The molecule has 1 aromatic carbocycles. The van der Waals surface area contributed by atoms with Gasteiger partial charge in [0.25, 0.3) is 5.91 Å². The van der Waals surface area contributed by atoms with Crippen molar-refractivity contribution in [2.45, 2.75) is 57.9 Å². The van der Waals surface area contributed by atoms with Crippen molar-refractivity contribution in [1.29, 1.82) is 0 Å². The van der Waals surface area contributed by atoms with E-state index in [4.69, 9.17) is 0 Å². The maximum absolute atomic E-state index is 12.5. The van der Waals surface area contributed by atoms with E-state index in [1.54, 1.807) is 0 Å². The number of aryl methyl sites for hydroxylation is 2. The molecule has 3 heteroatoms. The van der Waals surface area contributed by atoms with Gasteiger partial charge in [-0.1, -0.05) is 18.2 Å². The number of quaternary nitrogens is 1. The molecule has 0 unspecified atom stereocenters. The molecule has 0 aliphatic heterocycles. The second-order valence-corrected chi connectivity index (χ2v) is 8.50. The quantitative estimate of drug-likeness (QED) is 0.882. The van der Waals surface area contributed by atoms with Gasteiger partial charge < -0.3 is 10.6 Å². The number of nitrogens with one attached hydrogen (secondary N) is 1. The molecule has 0 aromatic heterocycles. The van der Waals surface area contributed by atoms with Gasteiger partial charge in [-0.2, -0.15) is 0 Å². The number of rotatable bonds is 4. The number of hydrogen-bond donors (Lipinski definition) is 2.